The van der Waals surface area contributed by atoms with Gasteiger partial charge in [0.2, 0.25) is 0 Å². The molecule has 0 aliphatic heterocycles. The summed E-state index contributed by atoms with van der Waals surface area (Å²) < 4.78 is 24.2. The van der Waals surface area contributed by atoms with Crippen molar-refractivity contribution in [1.29, 1.82) is 0 Å². The molecule has 0 bridgehead atoms. The number of benzene rings is 1. The highest BCUT2D eigenvalue weighted by Gasteiger charge is 2.31. The van der Waals surface area contributed by atoms with Crippen molar-refractivity contribution in [3.05, 3.63) is 29.6 Å². The Balaban J connectivity index is 2.34. The first kappa shape index (κ1) is 14.5. The van der Waals surface area contributed by atoms with Gasteiger partial charge in [0.15, 0.2) is 15.1 Å². The van der Waals surface area contributed by atoms with Gasteiger partial charge in [-0.1, -0.05) is 13.0 Å². The van der Waals surface area contributed by atoms with Crippen LogP contribution in [0.25, 0.3) is 11.0 Å². The predicted molar refractivity (Wildman–Crippen MR) is 75.2 cm³/mol. The van der Waals surface area contributed by atoms with E-state index in [1.165, 1.54) is 0 Å². The average molecular weight is 296 g/mol. The van der Waals surface area contributed by atoms with Crippen LogP contribution in [0.3, 0.4) is 0 Å². The molecule has 7 heteroatoms. The van der Waals surface area contributed by atoms with E-state index in [2.05, 4.69) is 9.97 Å². The quantitative estimate of drug-likeness (QED) is 0.873. The van der Waals surface area contributed by atoms with Crippen LogP contribution in [-0.2, 0) is 20.4 Å². The molecule has 6 nitrogen and oxygen atoms in total. The number of aromatic nitrogens is 2. The molecular weight excluding hydrogens is 280 g/mol. The molecule has 0 amide bonds. The van der Waals surface area contributed by atoms with Gasteiger partial charge < -0.3 is 10.1 Å². The number of fused-ring (bicyclic) bond motifs is 1. The monoisotopic (exact) mass is 296 g/mol. The molecule has 0 saturated carbocycles. The van der Waals surface area contributed by atoms with Crippen LogP contribution < -0.4 is 0 Å². The number of sulfone groups is 1. The summed E-state index contributed by atoms with van der Waals surface area (Å²) in [6.07, 6.45) is 0.0387. The molecular formula is C13H16N2O4S. The van der Waals surface area contributed by atoms with Gasteiger partial charge in [0, 0.05) is 0 Å². The molecule has 1 atom stereocenters. The van der Waals surface area contributed by atoms with E-state index >= 15 is 0 Å². The smallest absolute Gasteiger partial charge is 0.321 e. The topological polar surface area (TPSA) is 100 Å². The zero-order valence-corrected chi connectivity index (χ0v) is 12.1. The average Bonchev–Trinajstić information content (AvgIpc) is 2.68. The van der Waals surface area contributed by atoms with Crippen LogP contribution in [0.1, 0.15) is 24.7 Å². The summed E-state index contributed by atoms with van der Waals surface area (Å²) in [6, 6.07) is 5.55. The first-order valence-corrected chi connectivity index (χ1v) is 7.94. The lowest BCUT2D eigenvalue weighted by Crippen LogP contribution is -2.30. The van der Waals surface area contributed by atoms with Gasteiger partial charge in [0.05, 0.1) is 11.0 Å². The van der Waals surface area contributed by atoms with Crippen LogP contribution in [0.2, 0.25) is 0 Å². The molecule has 20 heavy (non-hydrogen) atoms. The molecule has 0 saturated heterocycles. The molecule has 1 aromatic heterocycles. The number of nitrogens with zero attached hydrogens (tertiary/aromatic N) is 1. The molecule has 1 aromatic carbocycles. The molecule has 1 unspecified atom stereocenters. The second-order valence-electron chi connectivity index (χ2n) is 4.75. The maximum Gasteiger partial charge on any atom is 0.321 e. The number of H-pyrrole nitrogens is 1. The van der Waals surface area contributed by atoms with Gasteiger partial charge in [0.25, 0.3) is 0 Å². The molecule has 0 radical (unpaired) electrons. The van der Waals surface area contributed by atoms with Gasteiger partial charge in [-0.05, 0) is 31.0 Å². The highest BCUT2D eigenvalue weighted by atomic mass is 32.2. The summed E-state index contributed by atoms with van der Waals surface area (Å²) in [5.74, 6) is -1.45. The van der Waals surface area contributed by atoms with Crippen molar-refractivity contribution in [2.75, 3.05) is 0 Å². The highest BCUT2D eigenvalue weighted by molar-refractivity contribution is 7.92. The molecule has 0 spiro atoms. The lowest BCUT2D eigenvalue weighted by Gasteiger charge is -2.09. The minimum atomic E-state index is -3.78. The van der Waals surface area contributed by atoms with E-state index in [9.17, 15) is 13.2 Å². The Hall–Kier alpha value is -1.89. The van der Waals surface area contributed by atoms with E-state index in [0.717, 1.165) is 11.1 Å². The Morgan fingerprint density at radius 3 is 2.75 bits per heavy atom. The van der Waals surface area contributed by atoms with E-state index in [-0.39, 0.29) is 12.2 Å². The minimum Gasteiger partial charge on any atom is -0.480 e. The summed E-state index contributed by atoms with van der Waals surface area (Å²) in [6.45, 7) is 3.46. The Labute approximate surface area is 116 Å². The van der Waals surface area contributed by atoms with Crippen molar-refractivity contribution in [2.45, 2.75) is 31.3 Å². The van der Waals surface area contributed by atoms with Crippen LogP contribution in [-0.4, -0.2) is 34.7 Å². The van der Waals surface area contributed by atoms with Crippen LogP contribution in [0.15, 0.2) is 18.2 Å². The summed E-state index contributed by atoms with van der Waals surface area (Å²) in [7, 11) is -3.78. The van der Waals surface area contributed by atoms with Crippen LogP contribution in [0, 0.1) is 6.92 Å². The van der Waals surface area contributed by atoms with E-state index in [4.69, 9.17) is 5.11 Å². The summed E-state index contributed by atoms with van der Waals surface area (Å²) in [4.78, 5) is 18.1. The van der Waals surface area contributed by atoms with E-state index < -0.39 is 26.8 Å². The predicted octanol–water partition coefficient (Wildman–Crippen LogP) is 1.65. The van der Waals surface area contributed by atoms with Crippen molar-refractivity contribution in [1.82, 2.24) is 9.97 Å². The molecule has 0 aliphatic rings. The number of carbonyl (C=O) groups is 1. The number of rotatable bonds is 5. The molecule has 1 heterocycles. The third-order valence-corrected chi connectivity index (χ3v) is 5.18. The first-order valence-electron chi connectivity index (χ1n) is 6.23. The Kier molecular flexibility index (Phi) is 3.80. The number of hydrogen-bond acceptors (Lipinski definition) is 4. The second kappa shape index (κ2) is 5.24. The number of hydrogen-bond donors (Lipinski definition) is 2. The van der Waals surface area contributed by atoms with Crippen LogP contribution >= 0.6 is 0 Å². The van der Waals surface area contributed by atoms with Crippen molar-refractivity contribution in [3.8, 4) is 0 Å². The second-order valence-corrected chi connectivity index (χ2v) is 6.93. The summed E-state index contributed by atoms with van der Waals surface area (Å²) in [5.41, 5.74) is 2.45. The standard InChI is InChI=1S/C13H16N2O4S/c1-3-11(13(16)17)20(18,19)7-12-14-9-5-4-8(2)6-10(9)15-12/h4-6,11H,3,7H2,1-2H3,(H,14,15)(H,16,17). The van der Waals surface area contributed by atoms with E-state index in [0.29, 0.717) is 5.52 Å². The molecule has 2 aromatic rings. The number of aromatic amines is 1. The normalized spacial score (nSPS) is 13.5. The van der Waals surface area contributed by atoms with Crippen LogP contribution in [0.5, 0.6) is 0 Å². The minimum absolute atomic E-state index is 0.0387. The zero-order chi connectivity index (χ0) is 14.9. The molecule has 2 N–H and O–H groups in total. The third kappa shape index (κ3) is 2.82. The van der Waals surface area contributed by atoms with Crippen molar-refractivity contribution in [3.63, 3.8) is 0 Å². The number of carboxylic acids is 1. The van der Waals surface area contributed by atoms with Gasteiger partial charge >= 0.3 is 5.97 Å². The fourth-order valence-electron chi connectivity index (χ4n) is 2.12. The van der Waals surface area contributed by atoms with E-state index in [1.807, 2.05) is 19.1 Å². The maximum atomic E-state index is 12.1. The Bertz CT molecular complexity index is 749. The van der Waals surface area contributed by atoms with Gasteiger partial charge in [-0.2, -0.15) is 0 Å². The lowest BCUT2D eigenvalue weighted by atomic mass is 10.2. The van der Waals surface area contributed by atoms with E-state index in [1.54, 1.807) is 13.0 Å². The molecule has 0 aliphatic carbocycles. The lowest BCUT2D eigenvalue weighted by molar-refractivity contribution is -0.136. The number of imidazole rings is 1. The van der Waals surface area contributed by atoms with Gasteiger partial charge in [-0.25, -0.2) is 13.4 Å². The maximum absolute atomic E-state index is 12.1. The fraction of sp³-hybridized carbons (Fsp3) is 0.385. The molecule has 108 valence electrons. The number of aliphatic carboxylic acids is 1. The van der Waals surface area contributed by atoms with Crippen molar-refractivity contribution in [2.24, 2.45) is 0 Å². The fourth-order valence-corrected chi connectivity index (χ4v) is 3.65. The number of nitrogens with one attached hydrogen (secondary N) is 1. The van der Waals surface area contributed by atoms with Gasteiger partial charge in [0.1, 0.15) is 11.6 Å². The zero-order valence-electron chi connectivity index (χ0n) is 11.3. The Morgan fingerprint density at radius 2 is 2.15 bits per heavy atom. The largest absolute Gasteiger partial charge is 0.480 e. The highest BCUT2D eigenvalue weighted by Crippen LogP contribution is 2.17. The van der Waals surface area contributed by atoms with Crippen molar-refractivity contribution >= 4 is 26.8 Å². The Morgan fingerprint density at radius 1 is 1.45 bits per heavy atom. The third-order valence-electron chi connectivity index (χ3n) is 3.10. The first-order chi connectivity index (χ1) is 9.33. The van der Waals surface area contributed by atoms with Gasteiger partial charge in [-0.15, -0.1) is 0 Å². The SMILES string of the molecule is CCC(C(=O)O)S(=O)(=O)Cc1nc2ccc(C)cc2[nH]1. The summed E-state index contributed by atoms with van der Waals surface area (Å²) in [5, 5.41) is 7.56. The number of aryl methyl sites for hydroxylation is 1. The van der Waals surface area contributed by atoms with Crippen LogP contribution in [0.4, 0.5) is 0 Å². The molecule has 0 fully saturated rings. The molecule has 2 rings (SSSR count). The summed E-state index contributed by atoms with van der Waals surface area (Å²) >= 11 is 0. The van der Waals surface area contributed by atoms with Crippen molar-refractivity contribution < 1.29 is 18.3 Å². The number of carboxylic acid groups (broad SMARTS) is 1. The van der Waals surface area contributed by atoms with Gasteiger partial charge in [-0.3, -0.25) is 4.79 Å².